The Labute approximate surface area is 84.1 Å². The van der Waals surface area contributed by atoms with Crippen molar-refractivity contribution < 1.29 is 34.6 Å². The molecule has 0 aliphatic heterocycles. The molecule has 3 N–H and O–H groups in total. The number of quaternary nitrogens is 1. The van der Waals surface area contributed by atoms with Crippen LogP contribution in [0.2, 0.25) is 0 Å². The van der Waals surface area contributed by atoms with Gasteiger partial charge in [-0.15, -0.1) is 10.2 Å². The van der Waals surface area contributed by atoms with Crippen molar-refractivity contribution >= 4 is 0 Å². The van der Waals surface area contributed by atoms with Crippen LogP contribution in [-0.4, -0.2) is 0 Å². The van der Waals surface area contributed by atoms with Crippen LogP contribution >= 0.6 is 0 Å². The first-order chi connectivity index (χ1) is 6.30. The average Bonchev–Trinajstić information content (AvgIpc) is 2.03. The standard InChI is InChI=1S/C8H11N.ClHO4/c1-7(9)8-5-3-2-4-6-8;2-1(3,4)5/h2-7H,9H2,1H3;(H,2,3,4,5)/t7-;/m1./s1. The molecule has 0 saturated carbocycles. The van der Waals surface area contributed by atoms with Crippen LogP contribution in [-0.2, 0) is 0 Å². The molecule has 14 heavy (non-hydrogen) atoms. The van der Waals surface area contributed by atoms with Gasteiger partial charge in [0, 0.05) is 5.56 Å². The molecule has 5 nitrogen and oxygen atoms in total. The fraction of sp³-hybridized carbons (Fsp3) is 0.250. The van der Waals surface area contributed by atoms with E-state index in [4.69, 9.17) is 18.6 Å². The predicted molar refractivity (Wildman–Crippen MR) is 37.7 cm³/mol. The summed E-state index contributed by atoms with van der Waals surface area (Å²) < 4.78 is 34.0. The van der Waals surface area contributed by atoms with Crippen LogP contribution in [0, 0.1) is 10.2 Å². The normalized spacial score (nSPS) is 12.7. The van der Waals surface area contributed by atoms with Gasteiger partial charge in [-0.3, -0.25) is 0 Å². The quantitative estimate of drug-likeness (QED) is 0.523. The number of benzene rings is 1. The van der Waals surface area contributed by atoms with Gasteiger partial charge in [0.1, 0.15) is 6.04 Å². The molecule has 1 aromatic rings. The van der Waals surface area contributed by atoms with Crippen LogP contribution in [0.25, 0.3) is 0 Å². The van der Waals surface area contributed by atoms with Crippen molar-refractivity contribution in [2.24, 2.45) is 0 Å². The van der Waals surface area contributed by atoms with Gasteiger partial charge in [-0.25, -0.2) is 18.6 Å². The third-order valence-electron chi connectivity index (χ3n) is 1.37. The van der Waals surface area contributed by atoms with E-state index in [1.807, 2.05) is 18.2 Å². The Morgan fingerprint density at radius 1 is 1.07 bits per heavy atom. The lowest BCUT2D eigenvalue weighted by Crippen LogP contribution is -2.68. The molecule has 0 saturated heterocycles. The SMILES string of the molecule is C[C@@H]([NH3+])c1ccccc1.[O-][Cl+3]([O-])([O-])[O-]. The summed E-state index contributed by atoms with van der Waals surface area (Å²) in [5, 5.41) is 0. The van der Waals surface area contributed by atoms with Gasteiger partial charge in [-0.1, -0.05) is 30.3 Å². The van der Waals surface area contributed by atoms with Crippen LogP contribution in [0.5, 0.6) is 0 Å². The maximum absolute atomic E-state index is 8.49. The van der Waals surface area contributed by atoms with Crippen LogP contribution < -0.4 is 24.4 Å². The predicted octanol–water partition coefficient (Wildman–Crippen LogP) is -3.77. The number of hydrogen-bond donors (Lipinski definition) is 1. The highest BCUT2D eigenvalue weighted by Crippen LogP contribution is 2.04. The summed E-state index contributed by atoms with van der Waals surface area (Å²) in [7, 11) is -4.94. The van der Waals surface area contributed by atoms with Crippen LogP contribution in [0.4, 0.5) is 0 Å². The molecule has 0 fully saturated rings. The summed E-state index contributed by atoms with van der Waals surface area (Å²) in [6, 6.07) is 10.7. The molecular weight excluding hydrogens is 210 g/mol. The molecule has 1 aromatic carbocycles. The first kappa shape index (κ1) is 13.3. The van der Waals surface area contributed by atoms with Gasteiger partial charge in [-0.2, -0.15) is 0 Å². The summed E-state index contributed by atoms with van der Waals surface area (Å²) in [4.78, 5) is 0. The zero-order valence-electron chi connectivity index (χ0n) is 7.68. The second-order valence-corrected chi connectivity index (χ2v) is 3.45. The number of halogens is 1. The van der Waals surface area contributed by atoms with Gasteiger partial charge in [0.05, 0.1) is 0 Å². The fourth-order valence-electron chi connectivity index (χ4n) is 0.782. The molecular formula is C8H12ClNO4. The largest absolute Gasteiger partial charge is 0.352 e. The Kier molecular flexibility index (Phi) is 5.63. The molecule has 0 radical (unpaired) electrons. The van der Waals surface area contributed by atoms with Gasteiger partial charge in [-0.05, 0) is 6.92 Å². The lowest BCUT2D eigenvalue weighted by molar-refractivity contribution is -2.00. The Morgan fingerprint density at radius 3 is 1.64 bits per heavy atom. The highest BCUT2D eigenvalue weighted by molar-refractivity contribution is 5.15. The Bertz CT molecular complexity index is 241. The van der Waals surface area contributed by atoms with Crippen molar-refractivity contribution in [3.8, 4) is 0 Å². The summed E-state index contributed by atoms with van der Waals surface area (Å²) in [5.74, 6) is 0. The number of hydrogen-bond acceptors (Lipinski definition) is 4. The minimum absolute atomic E-state index is 0.409. The van der Waals surface area contributed by atoms with Gasteiger partial charge in [0.15, 0.2) is 0 Å². The van der Waals surface area contributed by atoms with Crippen molar-refractivity contribution in [3.05, 3.63) is 35.9 Å². The highest BCUT2D eigenvalue weighted by atomic mass is 35.7. The smallest absolute Gasteiger partial charge is 0.107 e. The van der Waals surface area contributed by atoms with Crippen LogP contribution in [0.1, 0.15) is 18.5 Å². The van der Waals surface area contributed by atoms with E-state index in [-0.39, 0.29) is 0 Å². The maximum Gasteiger partial charge on any atom is 0.107 e. The van der Waals surface area contributed by atoms with E-state index in [9.17, 15) is 0 Å². The molecule has 0 heterocycles. The van der Waals surface area contributed by atoms with E-state index in [0.717, 1.165) is 0 Å². The zero-order valence-corrected chi connectivity index (χ0v) is 8.44. The maximum atomic E-state index is 8.49. The molecule has 1 atom stereocenters. The van der Waals surface area contributed by atoms with Gasteiger partial charge in [0.2, 0.25) is 0 Å². The topological polar surface area (TPSA) is 120 Å². The highest BCUT2D eigenvalue weighted by Gasteiger charge is 1.97. The Morgan fingerprint density at radius 2 is 1.43 bits per heavy atom. The molecule has 6 heteroatoms. The Hall–Kier alpha value is -0.690. The molecule has 0 aromatic heterocycles. The van der Waals surface area contributed by atoms with Crippen molar-refractivity contribution in [2.75, 3.05) is 0 Å². The van der Waals surface area contributed by atoms with Crippen molar-refractivity contribution in [3.63, 3.8) is 0 Å². The van der Waals surface area contributed by atoms with Crippen LogP contribution in [0.15, 0.2) is 30.3 Å². The summed E-state index contributed by atoms with van der Waals surface area (Å²) in [5.41, 5.74) is 5.21. The Balaban J connectivity index is 0.000000292. The summed E-state index contributed by atoms with van der Waals surface area (Å²) >= 11 is 0. The zero-order chi connectivity index (χ0) is 11.2. The minimum Gasteiger partial charge on any atom is -0.352 e. The molecule has 0 spiro atoms. The van der Waals surface area contributed by atoms with Gasteiger partial charge >= 0.3 is 0 Å². The van der Waals surface area contributed by atoms with Gasteiger partial charge < -0.3 is 5.73 Å². The van der Waals surface area contributed by atoms with E-state index in [2.05, 4.69) is 24.8 Å². The van der Waals surface area contributed by atoms with Crippen LogP contribution in [0.3, 0.4) is 0 Å². The molecule has 1 rings (SSSR count). The average molecular weight is 222 g/mol. The molecule has 0 aliphatic rings. The monoisotopic (exact) mass is 221 g/mol. The van der Waals surface area contributed by atoms with Crippen molar-refractivity contribution in [2.45, 2.75) is 13.0 Å². The molecule has 0 unspecified atom stereocenters. The first-order valence-corrected chi connectivity index (χ1v) is 5.04. The summed E-state index contributed by atoms with van der Waals surface area (Å²) in [6.07, 6.45) is 0. The number of rotatable bonds is 1. The first-order valence-electron chi connectivity index (χ1n) is 3.80. The van der Waals surface area contributed by atoms with E-state index in [1.54, 1.807) is 0 Å². The van der Waals surface area contributed by atoms with Gasteiger partial charge in [0.25, 0.3) is 0 Å². The van der Waals surface area contributed by atoms with E-state index in [0.29, 0.717) is 6.04 Å². The molecule has 0 amide bonds. The fourth-order valence-corrected chi connectivity index (χ4v) is 0.782. The third kappa shape index (κ3) is 9.40. The minimum atomic E-state index is -4.94. The molecule has 0 bridgehead atoms. The molecule has 80 valence electrons. The van der Waals surface area contributed by atoms with E-state index < -0.39 is 10.2 Å². The second kappa shape index (κ2) is 5.92. The van der Waals surface area contributed by atoms with Crippen molar-refractivity contribution in [1.29, 1.82) is 0 Å². The van der Waals surface area contributed by atoms with Crippen molar-refractivity contribution in [1.82, 2.24) is 0 Å². The van der Waals surface area contributed by atoms with E-state index in [1.165, 1.54) is 5.56 Å². The second-order valence-electron chi connectivity index (χ2n) is 2.69. The van der Waals surface area contributed by atoms with E-state index >= 15 is 0 Å². The molecule has 0 aliphatic carbocycles. The third-order valence-corrected chi connectivity index (χ3v) is 1.37. The lowest BCUT2D eigenvalue weighted by Gasteiger charge is -2.17. The lowest BCUT2D eigenvalue weighted by atomic mass is 10.1. The summed E-state index contributed by atoms with van der Waals surface area (Å²) in [6.45, 7) is 2.09.